The summed E-state index contributed by atoms with van der Waals surface area (Å²) in [5.41, 5.74) is 1.51. The average molecular weight is 662 g/mol. The highest BCUT2D eigenvalue weighted by atomic mass is 16.5. The molecule has 0 atom stereocenters. The number of hydrogen-bond donors (Lipinski definition) is 1. The first kappa shape index (κ1) is 46.7. The van der Waals surface area contributed by atoms with Crippen molar-refractivity contribution in [3.8, 4) is 0 Å². The standard InChI is InChI=1S/C45H91NO/c1-5-8-11-14-17-18-22-29-36-44(4)37-30-23-21-27-34-41-46-40-33-26-19-20-28-35-42-47-43-45(38-31-24-15-12-9-6-2)39-32-25-16-13-10-7-3/h45-46H,4-43H2,1-3H3. The Kier molecular flexibility index (Phi) is 41.5. The fourth-order valence-electron chi connectivity index (χ4n) is 7.06. The van der Waals surface area contributed by atoms with Crippen molar-refractivity contribution in [3.05, 3.63) is 12.2 Å². The van der Waals surface area contributed by atoms with Gasteiger partial charge in [0, 0.05) is 13.2 Å². The summed E-state index contributed by atoms with van der Waals surface area (Å²) in [4.78, 5) is 0. The van der Waals surface area contributed by atoms with Crippen molar-refractivity contribution in [2.45, 2.75) is 245 Å². The molecule has 0 amide bonds. The summed E-state index contributed by atoms with van der Waals surface area (Å²) in [5.74, 6) is 0.805. The smallest absolute Gasteiger partial charge is 0.0494 e. The van der Waals surface area contributed by atoms with Crippen molar-refractivity contribution < 1.29 is 4.74 Å². The third-order valence-electron chi connectivity index (χ3n) is 10.4. The monoisotopic (exact) mass is 662 g/mol. The summed E-state index contributed by atoms with van der Waals surface area (Å²) in [6, 6.07) is 0. The summed E-state index contributed by atoms with van der Waals surface area (Å²) in [7, 11) is 0. The minimum Gasteiger partial charge on any atom is -0.381 e. The van der Waals surface area contributed by atoms with Crippen molar-refractivity contribution in [1.29, 1.82) is 0 Å². The van der Waals surface area contributed by atoms with Crippen molar-refractivity contribution in [1.82, 2.24) is 5.32 Å². The molecule has 1 N–H and O–H groups in total. The lowest BCUT2D eigenvalue weighted by Crippen LogP contribution is -2.16. The second-order valence-corrected chi connectivity index (χ2v) is 15.4. The van der Waals surface area contributed by atoms with Crippen molar-refractivity contribution in [2.24, 2.45) is 5.92 Å². The largest absolute Gasteiger partial charge is 0.381 e. The Morgan fingerprint density at radius 3 is 1.19 bits per heavy atom. The molecular weight excluding hydrogens is 571 g/mol. The van der Waals surface area contributed by atoms with Gasteiger partial charge in [0.15, 0.2) is 0 Å². The number of unbranched alkanes of at least 4 members (excludes halogenated alkanes) is 26. The van der Waals surface area contributed by atoms with E-state index < -0.39 is 0 Å². The Labute approximate surface area is 299 Å². The van der Waals surface area contributed by atoms with Gasteiger partial charge in [-0.05, 0) is 76.8 Å². The van der Waals surface area contributed by atoms with Gasteiger partial charge >= 0.3 is 0 Å². The van der Waals surface area contributed by atoms with Crippen molar-refractivity contribution in [3.63, 3.8) is 0 Å². The molecule has 282 valence electrons. The quantitative estimate of drug-likeness (QED) is 0.0519. The Bertz CT molecular complexity index is 558. The van der Waals surface area contributed by atoms with Gasteiger partial charge in [-0.15, -0.1) is 0 Å². The van der Waals surface area contributed by atoms with E-state index in [2.05, 4.69) is 32.7 Å². The zero-order chi connectivity index (χ0) is 34.1. The summed E-state index contributed by atoms with van der Waals surface area (Å²) in [6.45, 7) is 15.7. The third-order valence-corrected chi connectivity index (χ3v) is 10.4. The molecule has 0 radical (unpaired) electrons. The molecule has 0 aliphatic heterocycles. The fraction of sp³-hybridized carbons (Fsp3) is 0.956. The maximum Gasteiger partial charge on any atom is 0.0494 e. The molecule has 0 aromatic heterocycles. The van der Waals surface area contributed by atoms with Crippen LogP contribution in [0.5, 0.6) is 0 Å². The first-order chi connectivity index (χ1) is 23.2. The molecule has 2 heteroatoms. The van der Waals surface area contributed by atoms with Crippen LogP contribution in [0.15, 0.2) is 12.2 Å². The lowest BCUT2D eigenvalue weighted by atomic mass is 9.95. The zero-order valence-corrected chi connectivity index (χ0v) is 33.3. The van der Waals surface area contributed by atoms with Crippen LogP contribution >= 0.6 is 0 Å². The van der Waals surface area contributed by atoms with Crippen LogP contribution in [0.2, 0.25) is 0 Å². The van der Waals surface area contributed by atoms with E-state index in [0.29, 0.717) is 0 Å². The maximum absolute atomic E-state index is 6.23. The molecule has 0 aromatic rings. The first-order valence-electron chi connectivity index (χ1n) is 22.2. The number of rotatable bonds is 42. The summed E-state index contributed by atoms with van der Waals surface area (Å²) in [5, 5.41) is 3.69. The Balaban J connectivity index is 3.50. The molecule has 0 unspecified atom stereocenters. The minimum absolute atomic E-state index is 0.805. The molecular formula is C45H91NO. The predicted octanol–water partition coefficient (Wildman–Crippen LogP) is 15.5. The van der Waals surface area contributed by atoms with E-state index in [-0.39, 0.29) is 0 Å². The van der Waals surface area contributed by atoms with E-state index in [0.717, 1.165) is 19.1 Å². The molecule has 0 spiro atoms. The van der Waals surface area contributed by atoms with Crippen LogP contribution in [0.1, 0.15) is 245 Å². The second kappa shape index (κ2) is 41.8. The number of nitrogens with one attached hydrogen (secondary N) is 1. The predicted molar refractivity (Wildman–Crippen MR) is 215 cm³/mol. The molecule has 0 saturated carbocycles. The maximum atomic E-state index is 6.23. The summed E-state index contributed by atoms with van der Waals surface area (Å²) < 4.78 is 6.23. The van der Waals surface area contributed by atoms with Crippen LogP contribution in [-0.4, -0.2) is 26.3 Å². The van der Waals surface area contributed by atoms with Crippen LogP contribution in [0.25, 0.3) is 0 Å². The van der Waals surface area contributed by atoms with Gasteiger partial charge in [-0.2, -0.15) is 0 Å². The molecule has 0 aliphatic carbocycles. The van der Waals surface area contributed by atoms with Gasteiger partial charge in [-0.25, -0.2) is 0 Å². The van der Waals surface area contributed by atoms with Crippen LogP contribution in [0, 0.1) is 5.92 Å². The SMILES string of the molecule is C=C(CCCCCCCCCC)CCCCCCCNCCCCCCCCOCC(CCCCCCCC)CCCCCCCC. The molecule has 2 nitrogen and oxygen atoms in total. The Hall–Kier alpha value is -0.340. The molecule has 0 heterocycles. The van der Waals surface area contributed by atoms with E-state index in [9.17, 15) is 0 Å². The van der Waals surface area contributed by atoms with Crippen LogP contribution < -0.4 is 5.32 Å². The van der Waals surface area contributed by atoms with Crippen molar-refractivity contribution >= 4 is 0 Å². The summed E-state index contributed by atoms with van der Waals surface area (Å²) >= 11 is 0. The van der Waals surface area contributed by atoms with Gasteiger partial charge in [0.2, 0.25) is 0 Å². The fourth-order valence-corrected chi connectivity index (χ4v) is 7.06. The first-order valence-corrected chi connectivity index (χ1v) is 22.2. The lowest BCUT2D eigenvalue weighted by molar-refractivity contribution is 0.0878. The van der Waals surface area contributed by atoms with Gasteiger partial charge in [0.05, 0.1) is 0 Å². The molecule has 0 bridgehead atoms. The molecule has 0 saturated heterocycles. The minimum atomic E-state index is 0.805. The highest BCUT2D eigenvalue weighted by molar-refractivity contribution is 4.93. The second-order valence-electron chi connectivity index (χ2n) is 15.4. The van der Waals surface area contributed by atoms with E-state index in [1.807, 2.05) is 0 Å². The number of allylic oxidation sites excluding steroid dienone is 1. The van der Waals surface area contributed by atoms with Crippen LogP contribution in [0.4, 0.5) is 0 Å². The molecule has 0 fully saturated rings. The third kappa shape index (κ3) is 40.0. The van der Waals surface area contributed by atoms with Gasteiger partial charge in [-0.3, -0.25) is 0 Å². The van der Waals surface area contributed by atoms with E-state index in [1.165, 1.54) is 243 Å². The van der Waals surface area contributed by atoms with Crippen LogP contribution in [-0.2, 0) is 4.74 Å². The van der Waals surface area contributed by atoms with E-state index in [1.54, 1.807) is 0 Å². The Morgan fingerprint density at radius 1 is 0.426 bits per heavy atom. The van der Waals surface area contributed by atoms with Gasteiger partial charge in [0.25, 0.3) is 0 Å². The molecule has 0 rings (SSSR count). The highest BCUT2D eigenvalue weighted by Crippen LogP contribution is 2.20. The van der Waals surface area contributed by atoms with Gasteiger partial charge < -0.3 is 10.1 Å². The average Bonchev–Trinajstić information content (AvgIpc) is 3.08. The van der Waals surface area contributed by atoms with Crippen LogP contribution in [0.3, 0.4) is 0 Å². The molecule has 47 heavy (non-hydrogen) atoms. The van der Waals surface area contributed by atoms with Gasteiger partial charge in [0.1, 0.15) is 0 Å². The summed E-state index contributed by atoms with van der Waals surface area (Å²) in [6.07, 6.45) is 48.6. The zero-order valence-electron chi connectivity index (χ0n) is 33.3. The van der Waals surface area contributed by atoms with E-state index in [4.69, 9.17) is 4.74 Å². The molecule has 0 aromatic carbocycles. The Morgan fingerprint density at radius 2 is 0.766 bits per heavy atom. The number of ether oxygens (including phenoxy) is 1. The number of hydrogen-bond acceptors (Lipinski definition) is 2. The van der Waals surface area contributed by atoms with Crippen molar-refractivity contribution in [2.75, 3.05) is 26.3 Å². The topological polar surface area (TPSA) is 21.3 Å². The lowest BCUT2D eigenvalue weighted by Gasteiger charge is -2.17. The normalized spacial score (nSPS) is 11.7. The highest BCUT2D eigenvalue weighted by Gasteiger charge is 2.09. The van der Waals surface area contributed by atoms with Gasteiger partial charge in [-0.1, -0.05) is 200 Å². The van der Waals surface area contributed by atoms with E-state index >= 15 is 0 Å². The molecule has 0 aliphatic rings.